The summed E-state index contributed by atoms with van der Waals surface area (Å²) in [6, 6.07) is 2.18. The van der Waals surface area contributed by atoms with Crippen LogP contribution < -0.4 is 0 Å². The summed E-state index contributed by atoms with van der Waals surface area (Å²) in [5.41, 5.74) is 0. The molecule has 1 aliphatic carbocycles. The molecule has 0 atom stereocenters. The number of nitrogens with zero attached hydrogens (tertiary/aromatic N) is 3. The highest BCUT2D eigenvalue weighted by Gasteiger charge is 2.27. The van der Waals surface area contributed by atoms with Gasteiger partial charge in [0.05, 0.1) is 12.7 Å². The van der Waals surface area contributed by atoms with Gasteiger partial charge in [0.15, 0.2) is 0 Å². The van der Waals surface area contributed by atoms with E-state index in [1.54, 1.807) is 0 Å². The molecule has 0 spiro atoms. The fourth-order valence-corrected chi connectivity index (χ4v) is 2.19. The summed E-state index contributed by atoms with van der Waals surface area (Å²) < 4.78 is 0. The van der Waals surface area contributed by atoms with Gasteiger partial charge in [0.2, 0.25) is 5.91 Å². The van der Waals surface area contributed by atoms with Gasteiger partial charge in [-0.05, 0) is 25.2 Å². The monoisotopic (exact) mass is 221 g/mol. The Balaban J connectivity index is 1.80. The van der Waals surface area contributed by atoms with Crippen LogP contribution in [0.2, 0.25) is 0 Å². The Hall–Kier alpha value is -1.08. The SMILES string of the molecule is N#CCCN(CC1CC1)CN1CCCC1=O. The van der Waals surface area contributed by atoms with Gasteiger partial charge in [-0.15, -0.1) is 0 Å². The molecule has 1 aliphatic heterocycles. The van der Waals surface area contributed by atoms with Gasteiger partial charge in [-0.3, -0.25) is 9.69 Å². The van der Waals surface area contributed by atoms with Crippen LogP contribution in [-0.2, 0) is 4.79 Å². The first kappa shape index (κ1) is 11.4. The molecule has 1 saturated carbocycles. The molecule has 0 radical (unpaired) electrons. The summed E-state index contributed by atoms with van der Waals surface area (Å²) >= 11 is 0. The lowest BCUT2D eigenvalue weighted by Gasteiger charge is -2.27. The smallest absolute Gasteiger partial charge is 0.223 e. The van der Waals surface area contributed by atoms with Crippen molar-refractivity contribution in [1.29, 1.82) is 5.26 Å². The van der Waals surface area contributed by atoms with Crippen LogP contribution in [0.25, 0.3) is 0 Å². The molecule has 0 aromatic heterocycles. The maximum Gasteiger partial charge on any atom is 0.223 e. The number of hydrogen-bond acceptors (Lipinski definition) is 3. The maximum atomic E-state index is 11.5. The zero-order chi connectivity index (χ0) is 11.4. The van der Waals surface area contributed by atoms with Gasteiger partial charge in [0.25, 0.3) is 0 Å². The maximum absolute atomic E-state index is 11.5. The molecule has 1 saturated heterocycles. The van der Waals surface area contributed by atoms with E-state index in [1.165, 1.54) is 12.8 Å². The van der Waals surface area contributed by atoms with Crippen LogP contribution in [0.5, 0.6) is 0 Å². The van der Waals surface area contributed by atoms with Crippen LogP contribution in [-0.4, -0.2) is 42.0 Å². The fraction of sp³-hybridized carbons (Fsp3) is 0.833. The normalized spacial score (nSPS) is 20.5. The highest BCUT2D eigenvalue weighted by Crippen LogP contribution is 2.29. The molecule has 2 aliphatic rings. The lowest BCUT2D eigenvalue weighted by atomic mass is 10.3. The minimum Gasteiger partial charge on any atom is -0.330 e. The van der Waals surface area contributed by atoms with Gasteiger partial charge in [0.1, 0.15) is 0 Å². The van der Waals surface area contributed by atoms with Crippen molar-refractivity contribution >= 4 is 5.91 Å². The molecule has 4 nitrogen and oxygen atoms in total. The largest absolute Gasteiger partial charge is 0.330 e. The van der Waals surface area contributed by atoms with Crippen LogP contribution in [0.3, 0.4) is 0 Å². The van der Waals surface area contributed by atoms with Crippen molar-refractivity contribution in [3.63, 3.8) is 0 Å². The summed E-state index contributed by atoms with van der Waals surface area (Å²) in [7, 11) is 0. The third-order valence-electron chi connectivity index (χ3n) is 3.30. The minimum atomic E-state index is 0.276. The molecule has 1 amide bonds. The van der Waals surface area contributed by atoms with E-state index in [0.29, 0.717) is 12.8 Å². The first-order chi connectivity index (χ1) is 7.79. The second-order valence-electron chi connectivity index (χ2n) is 4.83. The van der Waals surface area contributed by atoms with Gasteiger partial charge in [-0.1, -0.05) is 0 Å². The van der Waals surface area contributed by atoms with Gasteiger partial charge in [0, 0.05) is 32.5 Å². The molecule has 4 heteroatoms. The second-order valence-corrected chi connectivity index (χ2v) is 4.83. The van der Waals surface area contributed by atoms with Crippen LogP contribution in [0.15, 0.2) is 0 Å². The Bertz CT molecular complexity index is 293. The standard InChI is InChI=1S/C12H19N3O/c13-6-2-7-14(9-11-4-5-11)10-15-8-1-3-12(15)16/h11H,1-5,7-10H2. The molecule has 1 heterocycles. The minimum absolute atomic E-state index is 0.276. The predicted octanol–water partition coefficient (Wildman–Crippen LogP) is 1.19. The summed E-state index contributed by atoms with van der Waals surface area (Å²) in [6.45, 7) is 3.49. The summed E-state index contributed by atoms with van der Waals surface area (Å²) in [6.07, 6.45) is 4.90. The fourth-order valence-electron chi connectivity index (χ4n) is 2.19. The van der Waals surface area contributed by atoms with E-state index in [0.717, 1.165) is 38.6 Å². The number of amides is 1. The molecule has 0 bridgehead atoms. The summed E-state index contributed by atoms with van der Waals surface area (Å²) in [5.74, 6) is 1.09. The molecule has 0 N–H and O–H groups in total. The van der Waals surface area contributed by atoms with Crippen LogP contribution in [0.1, 0.15) is 32.1 Å². The van der Waals surface area contributed by atoms with E-state index in [2.05, 4.69) is 11.0 Å². The average Bonchev–Trinajstić information content (AvgIpc) is 3.00. The third kappa shape index (κ3) is 3.21. The zero-order valence-corrected chi connectivity index (χ0v) is 9.69. The number of likely N-dealkylation sites (tertiary alicyclic amines) is 1. The number of carbonyl (C=O) groups is 1. The quantitative estimate of drug-likeness (QED) is 0.677. The Labute approximate surface area is 96.8 Å². The van der Waals surface area contributed by atoms with Gasteiger partial charge < -0.3 is 4.90 Å². The summed E-state index contributed by atoms with van der Waals surface area (Å²) in [5, 5.41) is 8.62. The Morgan fingerprint density at radius 3 is 2.88 bits per heavy atom. The number of nitriles is 1. The van der Waals surface area contributed by atoms with Crippen LogP contribution in [0.4, 0.5) is 0 Å². The van der Waals surface area contributed by atoms with Crippen molar-refractivity contribution in [2.45, 2.75) is 32.1 Å². The zero-order valence-electron chi connectivity index (χ0n) is 9.69. The van der Waals surface area contributed by atoms with Gasteiger partial charge in [-0.25, -0.2) is 0 Å². The van der Waals surface area contributed by atoms with Crippen LogP contribution in [0, 0.1) is 17.2 Å². The lowest BCUT2D eigenvalue weighted by molar-refractivity contribution is -0.129. The van der Waals surface area contributed by atoms with E-state index in [4.69, 9.17) is 5.26 Å². The van der Waals surface area contributed by atoms with Crippen molar-refractivity contribution in [2.75, 3.05) is 26.3 Å². The van der Waals surface area contributed by atoms with Gasteiger partial charge >= 0.3 is 0 Å². The Morgan fingerprint density at radius 1 is 1.50 bits per heavy atom. The number of hydrogen-bond donors (Lipinski definition) is 0. The van der Waals surface area contributed by atoms with Crippen LogP contribution >= 0.6 is 0 Å². The van der Waals surface area contributed by atoms with E-state index in [9.17, 15) is 4.79 Å². The van der Waals surface area contributed by atoms with Crippen molar-refractivity contribution in [1.82, 2.24) is 9.80 Å². The van der Waals surface area contributed by atoms with E-state index in [1.807, 2.05) is 4.90 Å². The molecular formula is C12H19N3O. The Kier molecular flexibility index (Phi) is 3.79. The predicted molar refractivity (Wildman–Crippen MR) is 60.3 cm³/mol. The first-order valence-corrected chi connectivity index (χ1v) is 6.16. The molecule has 0 aromatic carbocycles. The highest BCUT2D eigenvalue weighted by molar-refractivity contribution is 5.77. The topological polar surface area (TPSA) is 47.3 Å². The second kappa shape index (κ2) is 5.31. The molecule has 88 valence electrons. The van der Waals surface area contributed by atoms with Crippen molar-refractivity contribution in [2.24, 2.45) is 5.92 Å². The molecular weight excluding hydrogens is 202 g/mol. The van der Waals surface area contributed by atoms with E-state index < -0.39 is 0 Å². The molecule has 16 heavy (non-hydrogen) atoms. The third-order valence-corrected chi connectivity index (χ3v) is 3.30. The number of carbonyl (C=O) groups excluding carboxylic acids is 1. The first-order valence-electron chi connectivity index (χ1n) is 6.16. The molecule has 0 aromatic rings. The van der Waals surface area contributed by atoms with Gasteiger partial charge in [-0.2, -0.15) is 5.26 Å². The highest BCUT2D eigenvalue weighted by atomic mass is 16.2. The van der Waals surface area contributed by atoms with E-state index >= 15 is 0 Å². The summed E-state index contributed by atoms with van der Waals surface area (Å²) in [4.78, 5) is 15.7. The van der Waals surface area contributed by atoms with E-state index in [-0.39, 0.29) is 5.91 Å². The molecule has 2 rings (SSSR count). The average molecular weight is 221 g/mol. The molecule has 2 fully saturated rings. The lowest BCUT2D eigenvalue weighted by Crippen LogP contribution is -2.40. The van der Waals surface area contributed by atoms with Crippen molar-refractivity contribution in [3.8, 4) is 6.07 Å². The number of rotatable bonds is 6. The van der Waals surface area contributed by atoms with Crippen molar-refractivity contribution < 1.29 is 4.79 Å². The van der Waals surface area contributed by atoms with Crippen molar-refractivity contribution in [3.05, 3.63) is 0 Å². The molecule has 0 unspecified atom stereocenters. The Morgan fingerprint density at radius 2 is 2.31 bits per heavy atom.